The molecule has 0 aromatic heterocycles. The minimum Gasteiger partial charge on any atom is -0.453 e. The van der Waals surface area contributed by atoms with Gasteiger partial charge < -0.3 is 10.1 Å². The highest BCUT2D eigenvalue weighted by Gasteiger charge is 2.22. The summed E-state index contributed by atoms with van der Waals surface area (Å²) in [5.74, 6) is -0.757. The molecule has 7 nitrogen and oxygen atoms in total. The van der Waals surface area contributed by atoms with Crippen molar-refractivity contribution in [1.29, 1.82) is 0 Å². The maximum absolute atomic E-state index is 12.1. The summed E-state index contributed by atoms with van der Waals surface area (Å²) in [6.45, 7) is 3.63. The Morgan fingerprint density at radius 2 is 1.91 bits per heavy atom. The van der Waals surface area contributed by atoms with Gasteiger partial charge in [-0.05, 0) is 32.0 Å². The number of likely N-dealkylation sites (N-methyl/N-ethyl adjacent to an activating group) is 1. The molecule has 1 atom stereocenters. The number of nitrogens with one attached hydrogen (secondary N) is 2. The zero-order valence-corrected chi connectivity index (χ0v) is 13.9. The van der Waals surface area contributed by atoms with Gasteiger partial charge in [0.05, 0.1) is 19.7 Å². The lowest BCUT2D eigenvalue weighted by atomic mass is 10.1. The lowest BCUT2D eigenvalue weighted by Gasteiger charge is -2.23. The standard InChI is InChI=1S/C16H23N3O4/c1-5-12-8-6-7-9-13(12)17-14(20)10-19(3)11(2)15(21)18-16(22)23-4/h6-9,11H,5,10H2,1-4H3,(H,17,20)(H,18,21,22)/t11-/m0/s1. The summed E-state index contributed by atoms with van der Waals surface area (Å²) in [6.07, 6.45) is -0.0129. The second-order valence-corrected chi connectivity index (χ2v) is 5.13. The van der Waals surface area contributed by atoms with E-state index in [1.54, 1.807) is 18.9 Å². The number of benzene rings is 1. The van der Waals surface area contributed by atoms with Crippen molar-refractivity contribution in [3.8, 4) is 0 Å². The van der Waals surface area contributed by atoms with Gasteiger partial charge in [-0.1, -0.05) is 25.1 Å². The van der Waals surface area contributed by atoms with E-state index in [1.165, 1.54) is 7.11 Å². The monoisotopic (exact) mass is 321 g/mol. The predicted octanol–water partition coefficient (Wildman–Crippen LogP) is 1.39. The van der Waals surface area contributed by atoms with Crippen LogP contribution in [0.3, 0.4) is 0 Å². The van der Waals surface area contributed by atoms with Crippen molar-refractivity contribution in [2.24, 2.45) is 0 Å². The summed E-state index contributed by atoms with van der Waals surface area (Å²) in [4.78, 5) is 36.5. The van der Waals surface area contributed by atoms with Crippen molar-refractivity contribution in [2.45, 2.75) is 26.3 Å². The van der Waals surface area contributed by atoms with E-state index in [4.69, 9.17) is 0 Å². The summed E-state index contributed by atoms with van der Waals surface area (Å²) in [7, 11) is 2.81. The first-order valence-electron chi connectivity index (χ1n) is 7.35. The number of rotatable bonds is 6. The van der Waals surface area contributed by atoms with Gasteiger partial charge in [0.25, 0.3) is 0 Å². The normalized spacial score (nSPS) is 11.7. The number of methoxy groups -OCH3 is 1. The van der Waals surface area contributed by atoms with Crippen molar-refractivity contribution in [1.82, 2.24) is 10.2 Å². The molecule has 1 aromatic rings. The molecule has 1 rings (SSSR count). The number of hydrogen-bond donors (Lipinski definition) is 2. The second-order valence-electron chi connectivity index (χ2n) is 5.13. The number of carbonyl (C=O) groups is 3. The summed E-state index contributed by atoms with van der Waals surface area (Å²) < 4.78 is 4.37. The molecule has 2 N–H and O–H groups in total. The quantitative estimate of drug-likeness (QED) is 0.827. The fourth-order valence-electron chi connectivity index (χ4n) is 1.96. The van der Waals surface area contributed by atoms with Crippen molar-refractivity contribution in [2.75, 3.05) is 26.0 Å². The number of amides is 3. The molecular formula is C16H23N3O4. The molecule has 0 unspecified atom stereocenters. The molecule has 1 aromatic carbocycles. The average Bonchev–Trinajstić information content (AvgIpc) is 2.54. The number of para-hydroxylation sites is 1. The van der Waals surface area contributed by atoms with Crippen molar-refractivity contribution < 1.29 is 19.1 Å². The topological polar surface area (TPSA) is 87.7 Å². The van der Waals surface area contributed by atoms with Crippen LogP contribution in [0.1, 0.15) is 19.4 Å². The van der Waals surface area contributed by atoms with Gasteiger partial charge in [0, 0.05) is 5.69 Å². The molecule has 0 radical (unpaired) electrons. The maximum Gasteiger partial charge on any atom is 0.413 e. The van der Waals surface area contributed by atoms with Crippen LogP contribution in [0.15, 0.2) is 24.3 Å². The van der Waals surface area contributed by atoms with Crippen LogP contribution in [0, 0.1) is 0 Å². The molecule has 0 aliphatic heterocycles. The van der Waals surface area contributed by atoms with Crippen LogP contribution in [0.2, 0.25) is 0 Å². The highest BCUT2D eigenvalue weighted by atomic mass is 16.5. The van der Waals surface area contributed by atoms with Crippen LogP contribution in [-0.2, 0) is 20.7 Å². The number of imide groups is 1. The van der Waals surface area contributed by atoms with Crippen LogP contribution in [0.5, 0.6) is 0 Å². The van der Waals surface area contributed by atoms with E-state index in [9.17, 15) is 14.4 Å². The van der Waals surface area contributed by atoms with Gasteiger partial charge >= 0.3 is 6.09 Å². The van der Waals surface area contributed by atoms with E-state index >= 15 is 0 Å². The van der Waals surface area contributed by atoms with Crippen LogP contribution in [0.4, 0.5) is 10.5 Å². The third kappa shape index (κ3) is 5.71. The fraction of sp³-hybridized carbons (Fsp3) is 0.438. The lowest BCUT2D eigenvalue weighted by molar-refractivity contribution is -0.125. The minimum absolute atomic E-state index is 0.0216. The number of alkyl carbamates (subject to hydrolysis) is 1. The van der Waals surface area contributed by atoms with E-state index in [2.05, 4.69) is 15.4 Å². The maximum atomic E-state index is 12.1. The number of ether oxygens (including phenoxy) is 1. The molecule has 23 heavy (non-hydrogen) atoms. The van der Waals surface area contributed by atoms with Crippen molar-refractivity contribution >= 4 is 23.6 Å². The Bertz CT molecular complexity index is 574. The van der Waals surface area contributed by atoms with Crippen LogP contribution < -0.4 is 10.6 Å². The van der Waals surface area contributed by atoms with Crippen LogP contribution in [0.25, 0.3) is 0 Å². The molecule has 0 saturated carbocycles. The molecule has 7 heteroatoms. The summed E-state index contributed by atoms with van der Waals surface area (Å²) in [5, 5.41) is 4.91. The zero-order chi connectivity index (χ0) is 17.4. The number of hydrogen-bond acceptors (Lipinski definition) is 5. The van der Waals surface area contributed by atoms with E-state index in [1.807, 2.05) is 31.2 Å². The molecule has 3 amide bonds. The SMILES string of the molecule is CCc1ccccc1NC(=O)CN(C)[C@@H](C)C(=O)NC(=O)OC. The molecular weight excluding hydrogens is 298 g/mol. The Morgan fingerprint density at radius 3 is 2.52 bits per heavy atom. The van der Waals surface area contributed by atoms with Gasteiger partial charge in [-0.25, -0.2) is 4.79 Å². The predicted molar refractivity (Wildman–Crippen MR) is 87.1 cm³/mol. The third-order valence-electron chi connectivity index (χ3n) is 3.52. The number of carbonyl (C=O) groups excluding carboxylic acids is 3. The van der Waals surface area contributed by atoms with Crippen LogP contribution >= 0.6 is 0 Å². The van der Waals surface area contributed by atoms with Gasteiger partial charge in [-0.3, -0.25) is 19.8 Å². The van der Waals surface area contributed by atoms with Crippen molar-refractivity contribution in [3.05, 3.63) is 29.8 Å². The summed E-state index contributed by atoms with van der Waals surface area (Å²) >= 11 is 0. The molecule has 0 spiro atoms. The first-order valence-corrected chi connectivity index (χ1v) is 7.35. The van der Waals surface area contributed by atoms with Gasteiger partial charge in [-0.15, -0.1) is 0 Å². The summed E-state index contributed by atoms with van der Waals surface area (Å²) in [5.41, 5.74) is 1.81. The van der Waals surface area contributed by atoms with Gasteiger partial charge in [0.2, 0.25) is 11.8 Å². The zero-order valence-electron chi connectivity index (χ0n) is 13.9. The Balaban J connectivity index is 2.59. The van der Waals surface area contributed by atoms with E-state index < -0.39 is 18.0 Å². The first kappa shape index (κ1) is 18.6. The second kappa shape index (κ2) is 8.89. The van der Waals surface area contributed by atoms with Crippen molar-refractivity contribution in [3.63, 3.8) is 0 Å². The van der Waals surface area contributed by atoms with Gasteiger partial charge in [-0.2, -0.15) is 0 Å². The largest absolute Gasteiger partial charge is 0.453 e. The molecule has 0 fully saturated rings. The van der Waals surface area contributed by atoms with Gasteiger partial charge in [0.15, 0.2) is 0 Å². The Morgan fingerprint density at radius 1 is 1.26 bits per heavy atom. The lowest BCUT2D eigenvalue weighted by Crippen LogP contribution is -2.47. The highest BCUT2D eigenvalue weighted by Crippen LogP contribution is 2.15. The number of aryl methyl sites for hydroxylation is 1. The highest BCUT2D eigenvalue weighted by molar-refractivity contribution is 5.96. The van der Waals surface area contributed by atoms with E-state index in [-0.39, 0.29) is 12.5 Å². The fourth-order valence-corrected chi connectivity index (χ4v) is 1.96. The molecule has 0 aliphatic carbocycles. The number of anilines is 1. The average molecular weight is 321 g/mol. The Kier molecular flexibility index (Phi) is 7.21. The first-order chi connectivity index (χ1) is 10.9. The summed E-state index contributed by atoms with van der Waals surface area (Å²) in [6, 6.07) is 6.90. The van der Waals surface area contributed by atoms with E-state index in [0.29, 0.717) is 0 Å². The molecule has 126 valence electrons. The molecule has 0 saturated heterocycles. The Hall–Kier alpha value is -2.41. The van der Waals surface area contributed by atoms with Gasteiger partial charge in [0.1, 0.15) is 0 Å². The molecule has 0 bridgehead atoms. The Labute approximate surface area is 136 Å². The minimum atomic E-state index is -0.823. The molecule has 0 aliphatic rings. The molecule has 0 heterocycles. The van der Waals surface area contributed by atoms with E-state index in [0.717, 1.165) is 17.7 Å². The van der Waals surface area contributed by atoms with Crippen LogP contribution in [-0.4, -0.2) is 49.6 Å². The number of nitrogens with zero attached hydrogens (tertiary/aromatic N) is 1. The third-order valence-corrected chi connectivity index (χ3v) is 3.52. The smallest absolute Gasteiger partial charge is 0.413 e.